The quantitative estimate of drug-likeness (QED) is 0.118. The first kappa shape index (κ1) is 19.0. The second-order valence-corrected chi connectivity index (χ2v) is 7.21. The van der Waals surface area contributed by atoms with Crippen molar-refractivity contribution in [3.63, 3.8) is 0 Å². The van der Waals surface area contributed by atoms with Crippen LogP contribution in [0.15, 0.2) is 0 Å². The molecule has 8 N–H and O–H groups in total. The lowest BCUT2D eigenvalue weighted by molar-refractivity contribution is -0.130. The van der Waals surface area contributed by atoms with E-state index in [1.807, 2.05) is 0 Å². The molecular weight excluding hydrogens is 314 g/mol. The van der Waals surface area contributed by atoms with Gasteiger partial charge in [0, 0.05) is 13.0 Å². The summed E-state index contributed by atoms with van der Waals surface area (Å²) < 4.78 is 21.7. The monoisotopic (exact) mass is 332 g/mol. The van der Waals surface area contributed by atoms with E-state index in [1.165, 1.54) is 0 Å². The van der Waals surface area contributed by atoms with E-state index < -0.39 is 33.7 Å². The number of nitrogens with one attached hydrogen (secondary N) is 2. The number of hydrogen-bond acceptors (Lipinski definition) is 4. The second kappa shape index (κ2) is 7.72. The Morgan fingerprint density at radius 2 is 1.60 bits per heavy atom. The summed E-state index contributed by atoms with van der Waals surface area (Å²) >= 11 is 0. The number of amides is 1. The molecule has 0 aromatic carbocycles. The van der Waals surface area contributed by atoms with Crippen LogP contribution in [0.3, 0.4) is 0 Å². The molecule has 0 heterocycles. The standard InChI is InChI=1S/C7H18N4O7P2/c8-7(9)10-3-1-2-6(12)11(4-19(13,14)15)5-20(16,17)18/h1-5H2,(H4,8,9,10)(H2,13,14,15)(H2,16,17,18). The van der Waals surface area contributed by atoms with Gasteiger partial charge in [-0.25, -0.2) is 0 Å². The van der Waals surface area contributed by atoms with E-state index in [1.54, 1.807) is 0 Å². The van der Waals surface area contributed by atoms with Gasteiger partial charge in [0.2, 0.25) is 5.91 Å². The molecule has 20 heavy (non-hydrogen) atoms. The van der Waals surface area contributed by atoms with Crippen molar-refractivity contribution in [2.24, 2.45) is 5.73 Å². The number of hydrogen-bond donors (Lipinski definition) is 7. The minimum atomic E-state index is -4.62. The molecule has 0 radical (unpaired) electrons. The molecule has 0 spiro atoms. The van der Waals surface area contributed by atoms with Gasteiger partial charge in [0.15, 0.2) is 5.96 Å². The van der Waals surface area contributed by atoms with Crippen molar-refractivity contribution < 1.29 is 33.5 Å². The average molecular weight is 332 g/mol. The Morgan fingerprint density at radius 3 is 1.95 bits per heavy atom. The zero-order valence-electron chi connectivity index (χ0n) is 10.5. The summed E-state index contributed by atoms with van der Waals surface area (Å²) in [5.74, 6) is -1.10. The van der Waals surface area contributed by atoms with Gasteiger partial charge in [-0.15, -0.1) is 0 Å². The van der Waals surface area contributed by atoms with Crippen molar-refractivity contribution >= 4 is 27.1 Å². The minimum Gasteiger partial charge on any atom is -0.370 e. The van der Waals surface area contributed by atoms with Gasteiger partial charge in [0.05, 0.1) is 0 Å². The van der Waals surface area contributed by atoms with Crippen molar-refractivity contribution in [3.8, 4) is 0 Å². The Morgan fingerprint density at radius 1 is 1.15 bits per heavy atom. The smallest absolute Gasteiger partial charge is 0.344 e. The SMILES string of the molecule is N=C(N)NCCCC(=O)N(CP(=O)(O)O)CP(=O)(O)O. The van der Waals surface area contributed by atoms with Crippen LogP contribution in [0, 0.1) is 5.41 Å². The largest absolute Gasteiger partial charge is 0.370 e. The summed E-state index contributed by atoms with van der Waals surface area (Å²) in [6.45, 7) is 0.181. The van der Waals surface area contributed by atoms with Crippen LogP contribution < -0.4 is 11.1 Å². The van der Waals surface area contributed by atoms with Gasteiger partial charge in [0.25, 0.3) is 0 Å². The lowest BCUT2D eigenvalue weighted by Crippen LogP contribution is -2.34. The molecule has 13 heteroatoms. The topological polar surface area (TPSA) is 197 Å². The van der Waals surface area contributed by atoms with Gasteiger partial charge < -0.3 is 35.5 Å². The lowest BCUT2D eigenvalue weighted by atomic mass is 10.3. The highest BCUT2D eigenvalue weighted by atomic mass is 31.2. The number of rotatable bonds is 8. The maximum absolute atomic E-state index is 11.7. The van der Waals surface area contributed by atoms with Crippen LogP contribution in [-0.4, -0.2) is 55.5 Å². The van der Waals surface area contributed by atoms with Gasteiger partial charge >= 0.3 is 15.2 Å². The first-order chi connectivity index (χ1) is 8.91. The van der Waals surface area contributed by atoms with Crippen LogP contribution in [0.1, 0.15) is 12.8 Å². The van der Waals surface area contributed by atoms with E-state index in [0.717, 1.165) is 0 Å². The number of carbonyl (C=O) groups excluding carboxylic acids is 1. The van der Waals surface area contributed by atoms with Crippen molar-refractivity contribution in [2.75, 3.05) is 19.1 Å². The summed E-state index contributed by atoms with van der Waals surface area (Å²) in [7, 11) is -9.25. The molecule has 0 aliphatic heterocycles. The van der Waals surface area contributed by atoms with Gasteiger partial charge in [-0.1, -0.05) is 0 Å². The van der Waals surface area contributed by atoms with Crippen LogP contribution in [0.2, 0.25) is 0 Å². The molecule has 0 rings (SSSR count). The number of nitrogens with zero attached hydrogens (tertiary/aromatic N) is 1. The molecule has 0 aromatic heterocycles. The average Bonchev–Trinajstić information content (AvgIpc) is 2.18. The fourth-order valence-electron chi connectivity index (χ4n) is 1.27. The Bertz CT molecular complexity index is 420. The normalized spacial score (nSPS) is 12.0. The van der Waals surface area contributed by atoms with Crippen LogP contribution in [0.25, 0.3) is 0 Å². The van der Waals surface area contributed by atoms with Crippen molar-refractivity contribution in [3.05, 3.63) is 0 Å². The Labute approximate surface area is 115 Å². The maximum atomic E-state index is 11.7. The summed E-state index contributed by atoms with van der Waals surface area (Å²) in [6, 6.07) is 0. The molecule has 0 fully saturated rings. The maximum Gasteiger partial charge on any atom is 0.344 e. The lowest BCUT2D eigenvalue weighted by Gasteiger charge is -2.23. The first-order valence-corrected chi connectivity index (χ1v) is 8.95. The van der Waals surface area contributed by atoms with Crippen molar-refractivity contribution in [1.29, 1.82) is 5.41 Å². The van der Waals surface area contributed by atoms with E-state index >= 15 is 0 Å². The molecule has 0 atom stereocenters. The fourth-order valence-corrected chi connectivity index (χ4v) is 2.83. The molecule has 0 aliphatic rings. The summed E-state index contributed by atoms with van der Waals surface area (Å²) in [5, 5.41) is 9.29. The number of nitrogens with two attached hydrogens (primary N) is 1. The van der Waals surface area contributed by atoms with Gasteiger partial charge in [-0.2, -0.15) is 0 Å². The van der Waals surface area contributed by atoms with Crippen LogP contribution in [0.4, 0.5) is 0 Å². The third-order valence-electron chi connectivity index (χ3n) is 1.95. The van der Waals surface area contributed by atoms with Gasteiger partial charge in [-0.3, -0.25) is 19.3 Å². The number of guanidine groups is 1. The van der Waals surface area contributed by atoms with E-state index in [0.29, 0.717) is 4.90 Å². The summed E-state index contributed by atoms with van der Waals surface area (Å²) in [5.41, 5.74) is 5.01. The fraction of sp³-hybridized carbons (Fsp3) is 0.714. The van der Waals surface area contributed by atoms with E-state index in [4.69, 9.17) is 30.7 Å². The van der Waals surface area contributed by atoms with Crippen molar-refractivity contribution in [2.45, 2.75) is 12.8 Å². The molecule has 0 saturated heterocycles. The highest BCUT2D eigenvalue weighted by molar-refractivity contribution is 7.52. The highest BCUT2D eigenvalue weighted by Crippen LogP contribution is 2.41. The second-order valence-electron chi connectivity index (χ2n) is 3.99. The van der Waals surface area contributed by atoms with Crippen LogP contribution in [-0.2, 0) is 13.9 Å². The zero-order valence-corrected chi connectivity index (χ0v) is 12.3. The van der Waals surface area contributed by atoms with Crippen molar-refractivity contribution in [1.82, 2.24) is 10.2 Å². The molecule has 0 aromatic rings. The molecule has 1 amide bonds. The minimum absolute atomic E-state index is 0.181. The molecule has 0 unspecified atom stereocenters. The number of carbonyl (C=O) groups is 1. The molecule has 0 bridgehead atoms. The van der Waals surface area contributed by atoms with E-state index in [9.17, 15) is 13.9 Å². The highest BCUT2D eigenvalue weighted by Gasteiger charge is 2.28. The Hall–Kier alpha value is -0.960. The van der Waals surface area contributed by atoms with Gasteiger partial charge in [0.1, 0.15) is 12.6 Å². The van der Waals surface area contributed by atoms with Crippen LogP contribution >= 0.6 is 15.2 Å². The third-order valence-corrected chi connectivity index (χ3v) is 3.37. The molecule has 11 nitrogen and oxygen atoms in total. The first-order valence-electron chi connectivity index (χ1n) is 5.35. The molecule has 0 aliphatic carbocycles. The molecular formula is C7H18N4O7P2. The summed E-state index contributed by atoms with van der Waals surface area (Å²) in [4.78, 5) is 47.3. The van der Waals surface area contributed by atoms with Crippen LogP contribution in [0.5, 0.6) is 0 Å². The summed E-state index contributed by atoms with van der Waals surface area (Å²) in [6.07, 6.45) is -2.12. The Balaban J connectivity index is 4.52. The van der Waals surface area contributed by atoms with Gasteiger partial charge in [-0.05, 0) is 6.42 Å². The Kier molecular flexibility index (Phi) is 7.35. The van der Waals surface area contributed by atoms with E-state index in [2.05, 4.69) is 5.32 Å². The molecule has 118 valence electrons. The zero-order chi connectivity index (χ0) is 16.0. The van der Waals surface area contributed by atoms with E-state index in [-0.39, 0.29) is 25.3 Å². The predicted octanol–water partition coefficient (Wildman–Crippen LogP) is -1.65. The molecule has 0 saturated carbocycles. The predicted molar refractivity (Wildman–Crippen MR) is 69.8 cm³/mol. The third kappa shape index (κ3) is 10.9.